The zero-order valence-corrected chi connectivity index (χ0v) is 16.2. The Morgan fingerprint density at radius 2 is 1.85 bits per heavy atom. The van der Waals surface area contributed by atoms with Crippen molar-refractivity contribution in [3.05, 3.63) is 82.6 Å². The summed E-state index contributed by atoms with van der Waals surface area (Å²) in [6.07, 6.45) is 0.948. The zero-order valence-electron chi connectivity index (χ0n) is 15.4. The molecule has 27 heavy (non-hydrogen) atoms. The Bertz CT molecular complexity index is 835. The topological polar surface area (TPSA) is 54.9 Å². The number of nitrogens with two attached hydrogens (primary N) is 1. The lowest BCUT2D eigenvalue weighted by Crippen LogP contribution is -2.87. The van der Waals surface area contributed by atoms with Crippen LogP contribution in [0.15, 0.2) is 72.1 Å². The van der Waals surface area contributed by atoms with Crippen LogP contribution in [0.2, 0.25) is 0 Å². The number of hydrogen-bond acceptors (Lipinski definition) is 3. The highest BCUT2D eigenvalue weighted by Crippen LogP contribution is 2.24. The molecule has 0 spiro atoms. The summed E-state index contributed by atoms with van der Waals surface area (Å²) in [5.41, 5.74) is 1.70. The van der Waals surface area contributed by atoms with Gasteiger partial charge in [-0.2, -0.15) is 0 Å². The van der Waals surface area contributed by atoms with Crippen molar-refractivity contribution < 1.29 is 14.8 Å². The van der Waals surface area contributed by atoms with Crippen molar-refractivity contribution >= 4 is 22.9 Å². The fourth-order valence-corrected chi connectivity index (χ4v) is 3.69. The number of rotatable bonds is 9. The normalized spacial score (nSPS) is 11.7. The van der Waals surface area contributed by atoms with E-state index in [2.05, 4.69) is 28.1 Å². The van der Waals surface area contributed by atoms with Gasteiger partial charge in [0.1, 0.15) is 5.75 Å². The molecule has 4 nitrogen and oxygen atoms in total. The van der Waals surface area contributed by atoms with E-state index in [-0.39, 0.29) is 11.9 Å². The van der Waals surface area contributed by atoms with Gasteiger partial charge in [-0.15, -0.1) is 11.3 Å². The number of nitrogens with one attached hydrogen (secondary N) is 1. The van der Waals surface area contributed by atoms with Gasteiger partial charge in [-0.1, -0.05) is 48.5 Å². The van der Waals surface area contributed by atoms with E-state index in [9.17, 15) is 4.79 Å². The first-order valence-corrected chi connectivity index (χ1v) is 10.1. The van der Waals surface area contributed by atoms with Gasteiger partial charge in [-0.3, -0.25) is 4.79 Å². The number of anilines is 1. The maximum absolute atomic E-state index is 13.1. The molecule has 3 rings (SSSR count). The summed E-state index contributed by atoms with van der Waals surface area (Å²) in [5, 5.41) is 7.23. The van der Waals surface area contributed by atoms with Crippen molar-refractivity contribution in [2.24, 2.45) is 0 Å². The maximum atomic E-state index is 13.1. The number of hydrogen-bond donors (Lipinski definition) is 2. The molecule has 0 aliphatic heterocycles. The second kappa shape index (κ2) is 9.90. The molecule has 0 saturated heterocycles. The molecule has 5 heteroatoms. The quantitative estimate of drug-likeness (QED) is 0.595. The Balaban J connectivity index is 1.72. The molecule has 0 unspecified atom stereocenters. The summed E-state index contributed by atoms with van der Waals surface area (Å²) >= 11 is 1.75. The molecule has 2 aromatic carbocycles. The summed E-state index contributed by atoms with van der Waals surface area (Å²) in [6, 6.07) is 21.3. The molecule has 0 radical (unpaired) electrons. The van der Waals surface area contributed by atoms with Crippen molar-refractivity contribution in [1.29, 1.82) is 0 Å². The van der Waals surface area contributed by atoms with E-state index >= 15 is 0 Å². The van der Waals surface area contributed by atoms with Crippen LogP contribution in [0.1, 0.15) is 23.4 Å². The van der Waals surface area contributed by atoms with E-state index in [1.807, 2.05) is 61.5 Å². The number of benzene rings is 2. The summed E-state index contributed by atoms with van der Waals surface area (Å²) in [5.74, 6) is 0.651. The number of para-hydroxylation sites is 2. The van der Waals surface area contributed by atoms with E-state index in [4.69, 9.17) is 4.74 Å². The minimum absolute atomic E-state index is 0.0421. The Hall–Kier alpha value is -2.63. The molecule has 1 aromatic heterocycles. The minimum Gasteiger partial charge on any atom is -0.492 e. The van der Waals surface area contributed by atoms with Crippen LogP contribution in [0, 0.1) is 0 Å². The predicted octanol–water partition coefficient (Wildman–Crippen LogP) is 3.63. The Labute approximate surface area is 164 Å². The highest BCUT2D eigenvalue weighted by Gasteiger charge is 2.24. The standard InChI is InChI=1S/C22H24N2O2S/c1-2-26-20-13-7-6-12-19(20)24-22(25)21(17-9-4-3-5-10-17)23-15-14-18-11-8-16-27-18/h3-13,16,21,23H,2,14-15H2,1H3,(H,24,25)/p+1/t21-/m0/s1. The lowest BCUT2D eigenvalue weighted by Gasteiger charge is -2.17. The predicted molar refractivity (Wildman–Crippen MR) is 110 cm³/mol. The third-order valence-electron chi connectivity index (χ3n) is 4.26. The lowest BCUT2D eigenvalue weighted by atomic mass is 10.1. The van der Waals surface area contributed by atoms with Crippen LogP contribution in [0.3, 0.4) is 0 Å². The maximum Gasteiger partial charge on any atom is 0.287 e. The fourth-order valence-electron chi connectivity index (χ4n) is 2.96. The molecule has 1 atom stereocenters. The first kappa shape index (κ1) is 19.1. The third-order valence-corrected chi connectivity index (χ3v) is 5.20. The number of amides is 1. The van der Waals surface area contributed by atoms with Crippen molar-refractivity contribution in [2.45, 2.75) is 19.4 Å². The van der Waals surface area contributed by atoms with Crippen LogP contribution in [0.5, 0.6) is 5.75 Å². The molecule has 1 heterocycles. The Kier molecular flexibility index (Phi) is 7.02. The largest absolute Gasteiger partial charge is 0.492 e. The van der Waals surface area contributed by atoms with E-state index in [0.717, 1.165) is 18.5 Å². The Morgan fingerprint density at radius 3 is 2.59 bits per heavy atom. The molecule has 0 fully saturated rings. The third kappa shape index (κ3) is 5.42. The summed E-state index contributed by atoms with van der Waals surface area (Å²) in [7, 11) is 0. The molecule has 0 saturated carbocycles. The highest BCUT2D eigenvalue weighted by atomic mass is 32.1. The molecule has 0 aliphatic carbocycles. The first-order chi connectivity index (χ1) is 13.3. The van der Waals surface area contributed by atoms with Crippen molar-refractivity contribution in [2.75, 3.05) is 18.5 Å². The van der Waals surface area contributed by atoms with E-state index in [0.29, 0.717) is 18.0 Å². The zero-order chi connectivity index (χ0) is 18.9. The molecular weight excluding hydrogens is 356 g/mol. The SMILES string of the molecule is CCOc1ccccc1NC(=O)[C@@H]([NH2+]CCc1cccs1)c1ccccc1. The summed E-state index contributed by atoms with van der Waals surface area (Å²) < 4.78 is 5.63. The monoisotopic (exact) mass is 381 g/mol. The van der Waals surface area contributed by atoms with Gasteiger partial charge in [0.05, 0.1) is 18.8 Å². The van der Waals surface area contributed by atoms with Crippen molar-refractivity contribution in [3.8, 4) is 5.75 Å². The molecule has 3 aromatic rings. The van der Waals surface area contributed by atoms with E-state index in [1.54, 1.807) is 11.3 Å². The van der Waals surface area contributed by atoms with Gasteiger partial charge in [0.2, 0.25) is 0 Å². The molecule has 3 N–H and O–H groups in total. The molecule has 0 aliphatic rings. The van der Waals surface area contributed by atoms with Crippen LogP contribution in [0.25, 0.3) is 0 Å². The average Bonchev–Trinajstić information content (AvgIpc) is 3.21. The van der Waals surface area contributed by atoms with Gasteiger partial charge in [0.15, 0.2) is 6.04 Å². The Morgan fingerprint density at radius 1 is 1.07 bits per heavy atom. The molecular formula is C22H25N2O2S+. The van der Waals surface area contributed by atoms with Crippen molar-refractivity contribution in [1.82, 2.24) is 0 Å². The van der Waals surface area contributed by atoms with Gasteiger partial charge in [-0.25, -0.2) is 0 Å². The second-order valence-corrected chi connectivity index (χ2v) is 7.19. The number of quaternary nitrogens is 1. The van der Waals surface area contributed by atoms with Gasteiger partial charge in [-0.05, 0) is 30.5 Å². The van der Waals surface area contributed by atoms with Crippen molar-refractivity contribution in [3.63, 3.8) is 0 Å². The van der Waals surface area contributed by atoms with Crippen LogP contribution in [-0.2, 0) is 11.2 Å². The lowest BCUT2D eigenvalue weighted by molar-refractivity contribution is -0.682. The molecule has 1 amide bonds. The van der Waals surface area contributed by atoms with Gasteiger partial charge in [0, 0.05) is 16.9 Å². The van der Waals surface area contributed by atoms with E-state index in [1.165, 1.54) is 4.88 Å². The molecule has 140 valence electrons. The number of ether oxygens (including phenoxy) is 1. The highest BCUT2D eigenvalue weighted by molar-refractivity contribution is 7.09. The number of carbonyl (C=O) groups is 1. The van der Waals surface area contributed by atoms with Gasteiger partial charge in [0.25, 0.3) is 5.91 Å². The van der Waals surface area contributed by atoms with Crippen LogP contribution in [-0.4, -0.2) is 19.1 Å². The number of carbonyl (C=O) groups excluding carboxylic acids is 1. The van der Waals surface area contributed by atoms with Crippen LogP contribution in [0.4, 0.5) is 5.69 Å². The average molecular weight is 382 g/mol. The fraction of sp³-hybridized carbons (Fsp3) is 0.227. The summed E-state index contributed by atoms with van der Waals surface area (Å²) in [6.45, 7) is 3.34. The number of thiophene rings is 1. The van der Waals surface area contributed by atoms with E-state index < -0.39 is 0 Å². The molecule has 0 bridgehead atoms. The minimum atomic E-state index is -0.305. The van der Waals surface area contributed by atoms with Gasteiger partial charge < -0.3 is 15.4 Å². The van der Waals surface area contributed by atoms with Crippen LogP contribution >= 0.6 is 11.3 Å². The smallest absolute Gasteiger partial charge is 0.287 e. The second-order valence-electron chi connectivity index (χ2n) is 6.16. The van der Waals surface area contributed by atoms with Gasteiger partial charge >= 0.3 is 0 Å². The van der Waals surface area contributed by atoms with Crippen LogP contribution < -0.4 is 15.4 Å². The first-order valence-electron chi connectivity index (χ1n) is 9.21. The summed E-state index contributed by atoms with van der Waals surface area (Å²) in [4.78, 5) is 14.4.